The third kappa shape index (κ3) is 2.18. The highest BCUT2D eigenvalue weighted by atomic mass is 16.3. The minimum Gasteiger partial charge on any atom is -0.394 e. The van der Waals surface area contributed by atoms with Gasteiger partial charge in [-0.15, -0.1) is 0 Å². The lowest BCUT2D eigenvalue weighted by atomic mass is 10.3. The molecule has 0 bridgehead atoms. The number of aliphatic hydroxyl groups excluding tert-OH is 2. The van der Waals surface area contributed by atoms with Crippen LogP contribution in [0.2, 0.25) is 0 Å². The van der Waals surface area contributed by atoms with Gasteiger partial charge in [0.15, 0.2) is 0 Å². The molecule has 1 atom stereocenters. The van der Waals surface area contributed by atoms with Gasteiger partial charge < -0.3 is 10.2 Å². The molecule has 6 heavy (non-hydrogen) atoms. The van der Waals surface area contributed by atoms with Gasteiger partial charge in [0.1, 0.15) is 0 Å². The van der Waals surface area contributed by atoms with E-state index >= 15 is 0 Å². The Labute approximate surface area is 37.4 Å². The van der Waals surface area contributed by atoms with Crippen LogP contribution in [0.5, 0.6) is 0 Å². The Morgan fingerprint density at radius 3 is 2.17 bits per heavy atom. The highest BCUT2D eigenvalue weighted by Crippen LogP contribution is 1.83. The summed E-state index contributed by atoms with van der Waals surface area (Å²) in [5, 5.41) is 16.5. The van der Waals surface area contributed by atoms with Crippen LogP contribution in [0.4, 0.5) is 0 Å². The van der Waals surface area contributed by atoms with Gasteiger partial charge >= 0.3 is 0 Å². The first-order chi connectivity index (χ1) is 2.81. The molecule has 0 spiro atoms. The smallest absolute Gasteiger partial charge is 0.0768 e. The van der Waals surface area contributed by atoms with Gasteiger partial charge in [-0.3, -0.25) is 0 Å². The zero-order chi connectivity index (χ0) is 4.99. The molecule has 0 aromatic carbocycles. The van der Waals surface area contributed by atoms with Crippen molar-refractivity contribution in [2.24, 2.45) is 0 Å². The monoisotopic (exact) mass is 90.1 g/mol. The molecule has 0 fully saturated rings. The number of hydrogen-bond donors (Lipinski definition) is 2. The number of rotatable bonds is 2. The van der Waals surface area contributed by atoms with Crippen molar-refractivity contribution < 1.29 is 10.2 Å². The standard InChI is InChI=1S/C4H10O2/c1-2-4(6)3-5/h4-6H,2-3H2,1H3/t4-/m1/s1. The largest absolute Gasteiger partial charge is 0.394 e. The van der Waals surface area contributed by atoms with Gasteiger partial charge in [-0.25, -0.2) is 0 Å². The summed E-state index contributed by atoms with van der Waals surface area (Å²) in [6, 6.07) is 0. The fraction of sp³-hybridized carbons (Fsp3) is 1.00. The first-order valence-corrected chi connectivity index (χ1v) is 2.10. The van der Waals surface area contributed by atoms with Crippen LogP contribution in [0.1, 0.15) is 13.3 Å². The van der Waals surface area contributed by atoms with Crippen molar-refractivity contribution in [1.29, 1.82) is 0 Å². The van der Waals surface area contributed by atoms with Crippen LogP contribution in [-0.2, 0) is 0 Å². The van der Waals surface area contributed by atoms with E-state index in [1.165, 1.54) is 0 Å². The molecule has 2 heteroatoms. The van der Waals surface area contributed by atoms with Crippen LogP contribution in [0, 0.1) is 0 Å². The molecule has 0 aliphatic carbocycles. The molecular formula is C4H10O2. The maximum atomic E-state index is 8.42. The Morgan fingerprint density at radius 1 is 1.67 bits per heavy atom. The topological polar surface area (TPSA) is 40.5 Å². The average Bonchev–Trinajstić information content (AvgIpc) is 1.65. The predicted molar refractivity (Wildman–Crippen MR) is 23.4 cm³/mol. The first kappa shape index (κ1) is 5.92. The Bertz CT molecular complexity index is 24.7. The predicted octanol–water partition coefficient (Wildman–Crippen LogP) is -0.250. The second-order valence-corrected chi connectivity index (χ2v) is 1.24. The Hall–Kier alpha value is -0.0800. The van der Waals surface area contributed by atoms with Crippen LogP contribution < -0.4 is 0 Å². The van der Waals surface area contributed by atoms with Crippen LogP contribution in [0.25, 0.3) is 0 Å². The highest BCUT2D eigenvalue weighted by molar-refractivity contribution is 4.43. The lowest BCUT2D eigenvalue weighted by Gasteiger charge is -1.97. The molecule has 0 aromatic rings. The van der Waals surface area contributed by atoms with E-state index in [1.807, 2.05) is 6.92 Å². The Morgan fingerprint density at radius 2 is 2.17 bits per heavy atom. The van der Waals surface area contributed by atoms with E-state index < -0.39 is 6.10 Å². The molecule has 0 radical (unpaired) electrons. The molecular weight excluding hydrogens is 80.0 g/mol. The molecule has 0 heterocycles. The molecule has 2 nitrogen and oxygen atoms in total. The molecule has 2 N–H and O–H groups in total. The van der Waals surface area contributed by atoms with Gasteiger partial charge in [0, 0.05) is 0 Å². The van der Waals surface area contributed by atoms with Crippen molar-refractivity contribution in [3.63, 3.8) is 0 Å². The summed E-state index contributed by atoms with van der Waals surface area (Å²) < 4.78 is 0. The zero-order valence-electron chi connectivity index (χ0n) is 3.89. The van der Waals surface area contributed by atoms with Gasteiger partial charge in [0.05, 0.1) is 12.7 Å². The minimum absolute atomic E-state index is 0.115. The van der Waals surface area contributed by atoms with Crippen molar-refractivity contribution in [1.82, 2.24) is 0 Å². The molecule has 0 rings (SSSR count). The van der Waals surface area contributed by atoms with E-state index in [1.54, 1.807) is 0 Å². The maximum Gasteiger partial charge on any atom is 0.0768 e. The fourth-order valence-corrected chi connectivity index (χ4v) is 0.129. The third-order valence-corrected chi connectivity index (χ3v) is 0.682. The van der Waals surface area contributed by atoms with Gasteiger partial charge in [0.2, 0.25) is 0 Å². The summed E-state index contributed by atoms with van der Waals surface area (Å²) in [6.07, 6.45) is 0.126. The summed E-state index contributed by atoms with van der Waals surface area (Å²) in [5.41, 5.74) is 0. The lowest BCUT2D eigenvalue weighted by molar-refractivity contribution is 0.0923. The molecule has 0 aromatic heterocycles. The van der Waals surface area contributed by atoms with E-state index in [9.17, 15) is 0 Å². The zero-order valence-corrected chi connectivity index (χ0v) is 3.89. The third-order valence-electron chi connectivity index (χ3n) is 0.682. The van der Waals surface area contributed by atoms with Crippen molar-refractivity contribution in [3.8, 4) is 0 Å². The van der Waals surface area contributed by atoms with Crippen LogP contribution >= 0.6 is 0 Å². The molecule has 0 aliphatic rings. The van der Waals surface area contributed by atoms with Crippen molar-refractivity contribution in [2.75, 3.05) is 6.61 Å². The van der Waals surface area contributed by atoms with Gasteiger partial charge in [-0.2, -0.15) is 0 Å². The van der Waals surface area contributed by atoms with Crippen molar-refractivity contribution >= 4 is 0 Å². The summed E-state index contributed by atoms with van der Waals surface area (Å²) in [7, 11) is 0. The van der Waals surface area contributed by atoms with Crippen molar-refractivity contribution in [2.45, 2.75) is 19.4 Å². The minimum atomic E-state index is -0.509. The van der Waals surface area contributed by atoms with E-state index in [2.05, 4.69) is 0 Å². The van der Waals surface area contributed by atoms with Crippen LogP contribution in [0.15, 0.2) is 0 Å². The molecule has 38 valence electrons. The average molecular weight is 90.1 g/mol. The normalized spacial score (nSPS) is 14.5. The first-order valence-electron chi connectivity index (χ1n) is 2.10. The highest BCUT2D eigenvalue weighted by Gasteiger charge is 1.92. The molecule has 0 saturated carbocycles. The molecule has 0 aliphatic heterocycles. The molecule has 0 amide bonds. The van der Waals surface area contributed by atoms with E-state index in [0.717, 1.165) is 0 Å². The van der Waals surface area contributed by atoms with E-state index in [0.29, 0.717) is 6.42 Å². The van der Waals surface area contributed by atoms with Gasteiger partial charge in [0.25, 0.3) is 0 Å². The van der Waals surface area contributed by atoms with E-state index in [4.69, 9.17) is 10.2 Å². The summed E-state index contributed by atoms with van der Waals surface area (Å²) >= 11 is 0. The Balaban J connectivity index is 2.75. The van der Waals surface area contributed by atoms with Crippen molar-refractivity contribution in [3.05, 3.63) is 0 Å². The lowest BCUT2D eigenvalue weighted by Crippen LogP contribution is -2.08. The summed E-state index contributed by atoms with van der Waals surface area (Å²) in [4.78, 5) is 0. The number of aliphatic hydroxyl groups is 2. The molecule has 0 saturated heterocycles. The van der Waals surface area contributed by atoms with Gasteiger partial charge in [-0.05, 0) is 6.42 Å². The van der Waals surface area contributed by atoms with E-state index in [-0.39, 0.29) is 6.61 Å². The SMILES string of the molecule is CC[C@@H](O)CO. The summed E-state index contributed by atoms with van der Waals surface area (Å²) in [5.74, 6) is 0. The van der Waals surface area contributed by atoms with Gasteiger partial charge in [-0.1, -0.05) is 6.92 Å². The second-order valence-electron chi connectivity index (χ2n) is 1.24. The fourth-order valence-electron chi connectivity index (χ4n) is 0.129. The maximum absolute atomic E-state index is 8.42. The second kappa shape index (κ2) is 3.12. The Kier molecular flexibility index (Phi) is 3.08. The quantitative estimate of drug-likeness (QED) is 0.491. The molecule has 0 unspecified atom stereocenters. The van der Waals surface area contributed by atoms with Crippen LogP contribution in [0.3, 0.4) is 0 Å². The van der Waals surface area contributed by atoms with Crippen LogP contribution in [-0.4, -0.2) is 22.9 Å². The summed E-state index contributed by atoms with van der Waals surface area (Å²) in [6.45, 7) is 1.71. The number of hydrogen-bond acceptors (Lipinski definition) is 2.